The van der Waals surface area contributed by atoms with Crippen LogP contribution in [0.1, 0.15) is 5.76 Å². The Labute approximate surface area is 117 Å². The van der Waals surface area contributed by atoms with Gasteiger partial charge in [-0.1, -0.05) is 34.9 Å². The average Bonchev–Trinajstić information content (AvgIpc) is 3.04. The first-order chi connectivity index (χ1) is 8.78. The molecule has 0 bridgehead atoms. The van der Waals surface area contributed by atoms with E-state index in [0.29, 0.717) is 12.3 Å². The van der Waals surface area contributed by atoms with Crippen LogP contribution in [0.3, 0.4) is 0 Å². The van der Waals surface area contributed by atoms with Crippen LogP contribution in [0.5, 0.6) is 0 Å². The maximum atomic E-state index is 11.6. The van der Waals surface area contributed by atoms with Gasteiger partial charge in [0.15, 0.2) is 8.68 Å². The van der Waals surface area contributed by atoms with Crippen molar-refractivity contribution in [1.29, 1.82) is 0 Å². The van der Waals surface area contributed by atoms with Gasteiger partial charge in [0.1, 0.15) is 5.76 Å². The smallest absolute Gasteiger partial charge is 0.230 e. The molecule has 0 fully saturated rings. The van der Waals surface area contributed by atoms with Gasteiger partial charge in [-0.15, -0.1) is 10.2 Å². The number of nitrogens with zero attached hydrogens (tertiary/aromatic N) is 2. The molecule has 1 N–H and O–H groups in total. The van der Waals surface area contributed by atoms with Crippen molar-refractivity contribution in [3.05, 3.63) is 24.2 Å². The topological polar surface area (TPSA) is 68.0 Å². The molecule has 0 aliphatic heterocycles. The minimum Gasteiger partial charge on any atom is -0.467 e. The number of thioether (sulfide) groups is 2. The first-order valence-corrected chi connectivity index (χ1v) is 8.10. The summed E-state index contributed by atoms with van der Waals surface area (Å²) in [6, 6.07) is 3.62. The normalized spacial score (nSPS) is 10.5. The zero-order valence-corrected chi connectivity index (χ0v) is 12.0. The summed E-state index contributed by atoms with van der Waals surface area (Å²) in [5.74, 6) is 1.04. The molecule has 5 nitrogen and oxygen atoms in total. The van der Waals surface area contributed by atoms with E-state index in [-0.39, 0.29) is 5.91 Å². The van der Waals surface area contributed by atoms with Crippen molar-refractivity contribution in [3.63, 3.8) is 0 Å². The molecular formula is C10H11N3O2S3. The maximum absolute atomic E-state index is 11.6. The predicted octanol–water partition coefficient (Wildman–Crippen LogP) is 2.26. The average molecular weight is 301 g/mol. The Morgan fingerprint density at radius 1 is 1.50 bits per heavy atom. The fourth-order valence-corrected chi connectivity index (χ4v) is 3.38. The molecule has 2 heterocycles. The number of carbonyl (C=O) groups is 1. The highest BCUT2D eigenvalue weighted by Gasteiger charge is 2.07. The third-order valence-electron chi connectivity index (χ3n) is 1.93. The van der Waals surface area contributed by atoms with Crippen LogP contribution in [0.2, 0.25) is 0 Å². The summed E-state index contributed by atoms with van der Waals surface area (Å²) < 4.78 is 6.84. The van der Waals surface area contributed by atoms with Gasteiger partial charge in [-0.25, -0.2) is 0 Å². The van der Waals surface area contributed by atoms with Gasteiger partial charge in [-0.3, -0.25) is 4.79 Å². The summed E-state index contributed by atoms with van der Waals surface area (Å²) in [7, 11) is 0. The molecule has 2 rings (SSSR count). The van der Waals surface area contributed by atoms with Gasteiger partial charge in [0.2, 0.25) is 5.91 Å². The van der Waals surface area contributed by atoms with Crippen molar-refractivity contribution in [3.8, 4) is 0 Å². The lowest BCUT2D eigenvalue weighted by molar-refractivity contribution is -0.118. The van der Waals surface area contributed by atoms with Crippen LogP contribution in [-0.4, -0.2) is 28.1 Å². The highest BCUT2D eigenvalue weighted by atomic mass is 32.2. The Balaban J connectivity index is 1.71. The van der Waals surface area contributed by atoms with Crippen LogP contribution in [0.4, 0.5) is 0 Å². The van der Waals surface area contributed by atoms with Gasteiger partial charge in [0.05, 0.1) is 18.6 Å². The summed E-state index contributed by atoms with van der Waals surface area (Å²) >= 11 is 4.44. The predicted molar refractivity (Wildman–Crippen MR) is 73.0 cm³/mol. The lowest BCUT2D eigenvalue weighted by Crippen LogP contribution is -2.24. The van der Waals surface area contributed by atoms with Crippen molar-refractivity contribution < 1.29 is 9.21 Å². The van der Waals surface area contributed by atoms with Crippen LogP contribution in [0.25, 0.3) is 0 Å². The number of hydrogen-bond donors (Lipinski definition) is 1. The Morgan fingerprint density at radius 3 is 3.00 bits per heavy atom. The molecule has 0 unspecified atom stereocenters. The highest BCUT2D eigenvalue weighted by Crippen LogP contribution is 2.26. The van der Waals surface area contributed by atoms with Crippen molar-refractivity contribution in [2.24, 2.45) is 0 Å². The van der Waals surface area contributed by atoms with Crippen molar-refractivity contribution in [2.75, 3.05) is 12.0 Å². The van der Waals surface area contributed by atoms with E-state index in [4.69, 9.17) is 4.42 Å². The monoisotopic (exact) mass is 301 g/mol. The molecule has 0 saturated carbocycles. The molecule has 18 heavy (non-hydrogen) atoms. The van der Waals surface area contributed by atoms with Crippen LogP contribution in [0, 0.1) is 0 Å². The Kier molecular flexibility index (Phi) is 5.09. The molecule has 2 aromatic rings. The number of hydrogen-bond acceptors (Lipinski definition) is 7. The second-order valence-electron chi connectivity index (χ2n) is 3.18. The lowest BCUT2D eigenvalue weighted by Gasteiger charge is -2.01. The molecule has 0 atom stereocenters. The first-order valence-electron chi connectivity index (χ1n) is 5.07. The summed E-state index contributed by atoms with van der Waals surface area (Å²) in [5.41, 5.74) is 0. The van der Waals surface area contributed by atoms with Crippen LogP contribution in [0.15, 0.2) is 31.5 Å². The second kappa shape index (κ2) is 6.81. The van der Waals surface area contributed by atoms with Gasteiger partial charge in [-0.2, -0.15) is 0 Å². The number of amides is 1. The molecule has 0 aliphatic carbocycles. The van der Waals surface area contributed by atoms with Crippen molar-refractivity contribution in [1.82, 2.24) is 15.5 Å². The van der Waals surface area contributed by atoms with E-state index in [0.717, 1.165) is 14.4 Å². The number of furan rings is 1. The third-order valence-corrected chi connectivity index (χ3v) is 4.96. The third kappa shape index (κ3) is 4.04. The molecule has 0 aliphatic rings. The summed E-state index contributed by atoms with van der Waals surface area (Å²) in [4.78, 5) is 11.6. The van der Waals surface area contributed by atoms with E-state index in [1.807, 2.05) is 12.3 Å². The van der Waals surface area contributed by atoms with Crippen molar-refractivity contribution in [2.45, 2.75) is 15.2 Å². The fraction of sp³-hybridized carbons (Fsp3) is 0.300. The molecule has 1 amide bonds. The Bertz CT molecular complexity index is 498. The molecule has 0 aromatic carbocycles. The summed E-state index contributed by atoms with van der Waals surface area (Å²) in [5, 5.41) is 10.7. The van der Waals surface area contributed by atoms with Crippen LogP contribution >= 0.6 is 34.9 Å². The van der Waals surface area contributed by atoms with Gasteiger partial charge in [-0.05, 0) is 18.4 Å². The summed E-state index contributed by atoms with van der Waals surface area (Å²) in [6.07, 6.45) is 3.53. The molecule has 8 heteroatoms. The van der Waals surface area contributed by atoms with Gasteiger partial charge >= 0.3 is 0 Å². The van der Waals surface area contributed by atoms with E-state index in [1.165, 1.54) is 23.1 Å². The SMILES string of the molecule is CSc1nnc(SCC(=O)NCc2ccco2)s1. The Hall–Kier alpha value is -0.990. The number of rotatable bonds is 6. The first kappa shape index (κ1) is 13.4. The minimum atomic E-state index is -0.0442. The molecule has 0 radical (unpaired) electrons. The van der Waals surface area contributed by atoms with Crippen molar-refractivity contribution >= 4 is 40.8 Å². The largest absolute Gasteiger partial charge is 0.467 e. The van der Waals surface area contributed by atoms with E-state index in [1.54, 1.807) is 24.1 Å². The standard InChI is InChI=1S/C10H11N3O2S3/c1-16-9-12-13-10(18-9)17-6-8(14)11-5-7-3-2-4-15-7/h2-4H,5-6H2,1H3,(H,11,14). The zero-order chi connectivity index (χ0) is 12.8. The van der Waals surface area contributed by atoms with Gasteiger partial charge in [0, 0.05) is 0 Å². The Morgan fingerprint density at radius 2 is 2.33 bits per heavy atom. The lowest BCUT2D eigenvalue weighted by atomic mass is 10.4. The number of nitrogens with one attached hydrogen (secondary N) is 1. The molecule has 0 spiro atoms. The molecule has 96 valence electrons. The van der Waals surface area contributed by atoms with E-state index in [9.17, 15) is 4.79 Å². The highest BCUT2D eigenvalue weighted by molar-refractivity contribution is 8.03. The van der Waals surface area contributed by atoms with E-state index >= 15 is 0 Å². The van der Waals surface area contributed by atoms with E-state index < -0.39 is 0 Å². The summed E-state index contributed by atoms with van der Waals surface area (Å²) in [6.45, 7) is 0.415. The van der Waals surface area contributed by atoms with Gasteiger partial charge < -0.3 is 9.73 Å². The van der Waals surface area contributed by atoms with E-state index in [2.05, 4.69) is 15.5 Å². The van der Waals surface area contributed by atoms with Crippen LogP contribution < -0.4 is 5.32 Å². The molecule has 0 saturated heterocycles. The molecule has 2 aromatic heterocycles. The molecular weight excluding hydrogens is 290 g/mol. The fourth-order valence-electron chi connectivity index (χ4n) is 1.12. The van der Waals surface area contributed by atoms with Gasteiger partial charge in [0.25, 0.3) is 0 Å². The minimum absolute atomic E-state index is 0.0442. The zero-order valence-electron chi connectivity index (χ0n) is 9.58. The quantitative estimate of drug-likeness (QED) is 0.826. The maximum Gasteiger partial charge on any atom is 0.230 e. The number of aromatic nitrogens is 2. The second-order valence-corrected chi connectivity index (χ2v) is 6.44. The number of carbonyl (C=O) groups excluding carboxylic acids is 1. The van der Waals surface area contributed by atoms with Crippen LogP contribution in [-0.2, 0) is 11.3 Å².